The molecule has 0 saturated heterocycles. The number of sulfonamides is 1. The third kappa shape index (κ3) is 4.30. The molecule has 1 atom stereocenters. The van der Waals surface area contributed by atoms with Crippen molar-refractivity contribution in [1.29, 1.82) is 0 Å². The molecule has 0 heterocycles. The molecule has 0 aromatic rings. The molecular formula is C6H14N2O3S. The second kappa shape index (κ2) is 4.42. The molecule has 0 saturated carbocycles. The van der Waals surface area contributed by atoms with E-state index >= 15 is 0 Å². The summed E-state index contributed by atoms with van der Waals surface area (Å²) in [5.74, 6) is -0.714. The molecule has 0 bridgehead atoms. The second-order valence-corrected chi connectivity index (χ2v) is 4.42. The van der Waals surface area contributed by atoms with Crippen molar-refractivity contribution in [3.8, 4) is 0 Å². The Hall–Kier alpha value is -0.620. The normalized spacial score (nSPS) is 13.9. The zero-order valence-electron chi connectivity index (χ0n) is 7.20. The Bertz CT molecular complexity index is 246. The summed E-state index contributed by atoms with van der Waals surface area (Å²) in [6, 6.07) is -0.795. The molecule has 72 valence electrons. The van der Waals surface area contributed by atoms with Gasteiger partial charge in [0.15, 0.2) is 0 Å². The lowest BCUT2D eigenvalue weighted by atomic mass is 10.4. The van der Waals surface area contributed by atoms with Gasteiger partial charge in [0.25, 0.3) is 0 Å². The van der Waals surface area contributed by atoms with Crippen LogP contribution in [0, 0.1) is 0 Å². The summed E-state index contributed by atoms with van der Waals surface area (Å²) < 4.78 is 23.8. The van der Waals surface area contributed by atoms with E-state index in [0.29, 0.717) is 6.42 Å². The molecule has 1 amide bonds. The highest BCUT2D eigenvalue weighted by Gasteiger charge is 2.15. The van der Waals surface area contributed by atoms with Crippen LogP contribution in [0.3, 0.4) is 0 Å². The minimum atomic E-state index is -3.46. The lowest BCUT2D eigenvalue weighted by Gasteiger charge is -2.07. The average Bonchev–Trinajstić information content (AvgIpc) is 1.85. The maximum absolute atomic E-state index is 11.0. The predicted molar refractivity (Wildman–Crippen MR) is 45.9 cm³/mol. The van der Waals surface area contributed by atoms with E-state index < -0.39 is 22.0 Å². The number of nitrogens with two attached hydrogens (primary N) is 1. The Kier molecular flexibility index (Phi) is 4.19. The summed E-state index contributed by atoms with van der Waals surface area (Å²) in [5, 5.41) is 0. The van der Waals surface area contributed by atoms with Crippen molar-refractivity contribution in [3.63, 3.8) is 0 Å². The van der Waals surface area contributed by atoms with E-state index in [1.54, 1.807) is 6.92 Å². The van der Waals surface area contributed by atoms with Crippen LogP contribution in [0.25, 0.3) is 0 Å². The lowest BCUT2D eigenvalue weighted by Crippen LogP contribution is -2.42. The van der Waals surface area contributed by atoms with E-state index in [-0.39, 0.29) is 5.75 Å². The highest BCUT2D eigenvalue weighted by Crippen LogP contribution is 1.89. The van der Waals surface area contributed by atoms with Crippen LogP contribution in [-0.2, 0) is 14.8 Å². The Balaban J connectivity index is 4.17. The largest absolute Gasteiger partial charge is 0.320 e. The zero-order valence-corrected chi connectivity index (χ0v) is 8.02. The van der Waals surface area contributed by atoms with Crippen LogP contribution in [0.1, 0.15) is 20.3 Å². The molecule has 0 unspecified atom stereocenters. The molecule has 0 radical (unpaired) electrons. The van der Waals surface area contributed by atoms with Gasteiger partial charge in [0.05, 0.1) is 11.8 Å². The van der Waals surface area contributed by atoms with Crippen molar-refractivity contribution in [2.24, 2.45) is 5.73 Å². The fourth-order valence-corrected chi connectivity index (χ4v) is 1.70. The number of hydrogen-bond acceptors (Lipinski definition) is 4. The fourth-order valence-electron chi connectivity index (χ4n) is 0.566. The van der Waals surface area contributed by atoms with Crippen molar-refractivity contribution in [3.05, 3.63) is 0 Å². The van der Waals surface area contributed by atoms with Gasteiger partial charge in [-0.2, -0.15) is 0 Å². The molecule has 0 fully saturated rings. The summed E-state index contributed by atoms with van der Waals surface area (Å²) in [6.45, 7) is 3.15. The summed E-state index contributed by atoms with van der Waals surface area (Å²) in [4.78, 5) is 10.8. The van der Waals surface area contributed by atoms with E-state index in [2.05, 4.69) is 0 Å². The number of nitrogens with one attached hydrogen (secondary N) is 1. The Morgan fingerprint density at radius 2 is 2.08 bits per heavy atom. The van der Waals surface area contributed by atoms with Gasteiger partial charge < -0.3 is 5.73 Å². The molecule has 0 aromatic carbocycles. The van der Waals surface area contributed by atoms with Crippen LogP contribution in [0.4, 0.5) is 0 Å². The van der Waals surface area contributed by atoms with Gasteiger partial charge in [0.2, 0.25) is 15.9 Å². The minimum absolute atomic E-state index is 0.0501. The standard InChI is InChI=1S/C6H14N2O3S/c1-3-4-12(10,11)8-6(9)5(2)7/h5H,3-4,7H2,1-2H3,(H,8,9)/t5-/m0/s1. The monoisotopic (exact) mass is 194 g/mol. The number of rotatable bonds is 4. The summed E-state index contributed by atoms with van der Waals surface area (Å²) >= 11 is 0. The minimum Gasteiger partial charge on any atom is -0.320 e. The van der Waals surface area contributed by atoms with E-state index in [1.807, 2.05) is 4.72 Å². The van der Waals surface area contributed by atoms with Crippen LogP contribution >= 0.6 is 0 Å². The molecule has 3 N–H and O–H groups in total. The first kappa shape index (κ1) is 11.4. The highest BCUT2D eigenvalue weighted by molar-refractivity contribution is 7.90. The number of amides is 1. The van der Waals surface area contributed by atoms with E-state index in [1.165, 1.54) is 6.92 Å². The average molecular weight is 194 g/mol. The molecule has 0 aliphatic heterocycles. The Morgan fingerprint density at radius 3 is 2.42 bits per heavy atom. The Morgan fingerprint density at radius 1 is 1.58 bits per heavy atom. The van der Waals surface area contributed by atoms with Gasteiger partial charge >= 0.3 is 0 Å². The third-order valence-electron chi connectivity index (χ3n) is 1.14. The molecule has 0 aliphatic carbocycles. The van der Waals surface area contributed by atoms with Crippen LogP contribution in [0.2, 0.25) is 0 Å². The molecule has 5 nitrogen and oxygen atoms in total. The maximum Gasteiger partial charge on any atom is 0.250 e. The SMILES string of the molecule is CCCS(=O)(=O)NC(=O)[C@H](C)N. The van der Waals surface area contributed by atoms with Gasteiger partial charge in [-0.1, -0.05) is 6.92 Å². The molecule has 0 spiro atoms. The van der Waals surface area contributed by atoms with Crippen LogP contribution in [0.15, 0.2) is 0 Å². The molecule has 6 heteroatoms. The van der Waals surface area contributed by atoms with Gasteiger partial charge in [-0.05, 0) is 13.3 Å². The van der Waals surface area contributed by atoms with E-state index in [9.17, 15) is 13.2 Å². The fraction of sp³-hybridized carbons (Fsp3) is 0.833. The summed E-state index contributed by atoms with van der Waals surface area (Å²) in [5.41, 5.74) is 5.16. The molecule has 0 aliphatic rings. The number of hydrogen-bond donors (Lipinski definition) is 2. The van der Waals surface area contributed by atoms with Gasteiger partial charge in [-0.25, -0.2) is 8.42 Å². The van der Waals surface area contributed by atoms with Gasteiger partial charge in [0.1, 0.15) is 0 Å². The van der Waals surface area contributed by atoms with Crippen molar-refractivity contribution >= 4 is 15.9 Å². The van der Waals surface area contributed by atoms with Crippen molar-refractivity contribution in [2.75, 3.05) is 5.75 Å². The third-order valence-corrected chi connectivity index (χ3v) is 2.60. The van der Waals surface area contributed by atoms with Crippen molar-refractivity contribution in [2.45, 2.75) is 26.3 Å². The smallest absolute Gasteiger partial charge is 0.250 e. The topological polar surface area (TPSA) is 89.3 Å². The zero-order chi connectivity index (χ0) is 9.78. The molecule has 0 aromatic heterocycles. The van der Waals surface area contributed by atoms with Gasteiger partial charge in [-0.3, -0.25) is 9.52 Å². The Labute approximate surface area is 72.4 Å². The predicted octanol–water partition coefficient (Wildman–Crippen LogP) is -0.810. The molecule has 0 rings (SSSR count). The lowest BCUT2D eigenvalue weighted by molar-refractivity contribution is -0.120. The van der Waals surface area contributed by atoms with E-state index in [4.69, 9.17) is 5.73 Å². The van der Waals surface area contributed by atoms with Crippen LogP contribution in [-0.4, -0.2) is 26.1 Å². The van der Waals surface area contributed by atoms with Crippen LogP contribution < -0.4 is 10.5 Å². The van der Waals surface area contributed by atoms with Gasteiger partial charge in [-0.15, -0.1) is 0 Å². The van der Waals surface area contributed by atoms with E-state index in [0.717, 1.165) is 0 Å². The first-order valence-electron chi connectivity index (χ1n) is 3.69. The second-order valence-electron chi connectivity index (χ2n) is 2.57. The summed E-state index contributed by atoms with van der Waals surface area (Å²) in [6.07, 6.45) is 0.474. The van der Waals surface area contributed by atoms with Crippen molar-refractivity contribution in [1.82, 2.24) is 4.72 Å². The number of carbonyl (C=O) groups is 1. The highest BCUT2D eigenvalue weighted by atomic mass is 32.2. The van der Waals surface area contributed by atoms with Crippen molar-refractivity contribution < 1.29 is 13.2 Å². The first-order chi connectivity index (χ1) is 5.39. The van der Waals surface area contributed by atoms with Crippen LogP contribution in [0.5, 0.6) is 0 Å². The molecular weight excluding hydrogens is 180 g/mol. The maximum atomic E-state index is 11.0. The summed E-state index contributed by atoms with van der Waals surface area (Å²) in [7, 11) is -3.46. The van der Waals surface area contributed by atoms with Gasteiger partial charge in [0, 0.05) is 0 Å². The molecule has 12 heavy (non-hydrogen) atoms. The number of carbonyl (C=O) groups excluding carboxylic acids is 1. The quantitative estimate of drug-likeness (QED) is 0.612. The first-order valence-corrected chi connectivity index (χ1v) is 5.34.